The third kappa shape index (κ3) is 4.10. The molecule has 0 bridgehead atoms. The Labute approximate surface area is 135 Å². The average molecular weight is 292 g/mol. The summed E-state index contributed by atoms with van der Waals surface area (Å²) in [6, 6.07) is 11.4. The van der Waals surface area contributed by atoms with Gasteiger partial charge >= 0.3 is 0 Å². The molecule has 0 N–H and O–H groups in total. The van der Waals surface area contributed by atoms with Crippen molar-refractivity contribution in [3.05, 3.63) is 72.3 Å². The monoisotopic (exact) mass is 292 g/mol. The molecular weight excluding hydrogens is 264 g/mol. The summed E-state index contributed by atoms with van der Waals surface area (Å²) in [6.45, 7) is 10.0. The van der Waals surface area contributed by atoms with Crippen molar-refractivity contribution in [1.29, 1.82) is 0 Å². The second-order valence-corrected chi connectivity index (χ2v) is 6.05. The molecule has 0 unspecified atom stereocenters. The Kier molecular flexibility index (Phi) is 6.45. The maximum atomic E-state index is 3.91. The van der Waals surface area contributed by atoms with Gasteiger partial charge < -0.3 is 0 Å². The SMILES string of the molecule is C=CCc1ccc2c(CCCCCC)c(CC=C)ccc2c1. The highest BCUT2D eigenvalue weighted by atomic mass is 14.1. The summed E-state index contributed by atoms with van der Waals surface area (Å²) in [5, 5.41) is 2.78. The zero-order chi connectivity index (χ0) is 15.8. The summed E-state index contributed by atoms with van der Waals surface area (Å²) in [4.78, 5) is 0. The van der Waals surface area contributed by atoms with Gasteiger partial charge in [0.2, 0.25) is 0 Å². The highest BCUT2D eigenvalue weighted by Crippen LogP contribution is 2.26. The molecule has 0 saturated heterocycles. The van der Waals surface area contributed by atoms with E-state index in [2.05, 4.69) is 50.4 Å². The van der Waals surface area contributed by atoms with Crippen LogP contribution in [0.1, 0.15) is 49.3 Å². The van der Waals surface area contributed by atoms with Gasteiger partial charge in [0.25, 0.3) is 0 Å². The first-order valence-electron chi connectivity index (χ1n) is 8.55. The summed E-state index contributed by atoms with van der Waals surface area (Å²) in [6.07, 6.45) is 12.3. The van der Waals surface area contributed by atoms with Crippen molar-refractivity contribution in [3.8, 4) is 0 Å². The number of hydrogen-bond acceptors (Lipinski definition) is 0. The van der Waals surface area contributed by atoms with Crippen molar-refractivity contribution in [2.45, 2.75) is 51.9 Å². The van der Waals surface area contributed by atoms with Gasteiger partial charge in [-0.25, -0.2) is 0 Å². The molecule has 0 aliphatic heterocycles. The number of benzene rings is 2. The maximum absolute atomic E-state index is 3.91. The molecule has 0 aromatic heterocycles. The lowest BCUT2D eigenvalue weighted by Gasteiger charge is -2.13. The lowest BCUT2D eigenvalue weighted by atomic mass is 9.92. The van der Waals surface area contributed by atoms with Crippen LogP contribution in [0.25, 0.3) is 10.8 Å². The van der Waals surface area contributed by atoms with E-state index in [1.165, 1.54) is 59.6 Å². The van der Waals surface area contributed by atoms with Crippen LogP contribution >= 0.6 is 0 Å². The fraction of sp³-hybridized carbons (Fsp3) is 0.364. The van der Waals surface area contributed by atoms with Crippen LogP contribution in [0.5, 0.6) is 0 Å². The number of unbranched alkanes of at least 4 members (excludes halogenated alkanes) is 3. The number of allylic oxidation sites excluding steroid dienone is 2. The van der Waals surface area contributed by atoms with Gasteiger partial charge in [0.15, 0.2) is 0 Å². The van der Waals surface area contributed by atoms with Gasteiger partial charge in [0.05, 0.1) is 0 Å². The molecule has 116 valence electrons. The number of hydrogen-bond donors (Lipinski definition) is 0. The second kappa shape index (κ2) is 8.58. The van der Waals surface area contributed by atoms with Crippen LogP contribution in [-0.4, -0.2) is 0 Å². The molecule has 0 aliphatic rings. The molecule has 2 rings (SSSR count). The zero-order valence-electron chi connectivity index (χ0n) is 13.9. The molecule has 0 nitrogen and oxygen atoms in total. The van der Waals surface area contributed by atoms with E-state index in [-0.39, 0.29) is 0 Å². The Morgan fingerprint density at radius 3 is 2.45 bits per heavy atom. The van der Waals surface area contributed by atoms with Crippen LogP contribution in [0.4, 0.5) is 0 Å². The molecule has 2 aromatic rings. The molecule has 0 fully saturated rings. The molecule has 0 heterocycles. The topological polar surface area (TPSA) is 0 Å². The van der Waals surface area contributed by atoms with Crippen molar-refractivity contribution in [2.24, 2.45) is 0 Å². The molecule has 0 radical (unpaired) electrons. The highest BCUT2D eigenvalue weighted by Gasteiger charge is 2.07. The molecule has 0 spiro atoms. The van der Waals surface area contributed by atoms with Crippen molar-refractivity contribution >= 4 is 10.8 Å². The molecule has 0 heteroatoms. The van der Waals surface area contributed by atoms with Gasteiger partial charge in [-0.3, -0.25) is 0 Å². The van der Waals surface area contributed by atoms with Crippen molar-refractivity contribution in [3.63, 3.8) is 0 Å². The fourth-order valence-electron chi connectivity index (χ4n) is 3.15. The molecule has 0 saturated carbocycles. The van der Waals surface area contributed by atoms with Crippen molar-refractivity contribution in [1.82, 2.24) is 0 Å². The minimum absolute atomic E-state index is 0.941. The van der Waals surface area contributed by atoms with Crippen LogP contribution in [-0.2, 0) is 19.3 Å². The van der Waals surface area contributed by atoms with Crippen molar-refractivity contribution < 1.29 is 0 Å². The Morgan fingerprint density at radius 1 is 0.909 bits per heavy atom. The van der Waals surface area contributed by atoms with Crippen LogP contribution in [0.2, 0.25) is 0 Å². The predicted octanol–water partition coefficient (Wildman–Crippen LogP) is 6.42. The molecular formula is C22H28. The Morgan fingerprint density at radius 2 is 1.73 bits per heavy atom. The van der Waals surface area contributed by atoms with Gasteiger partial charge in [0, 0.05) is 0 Å². The minimum atomic E-state index is 0.941. The number of aryl methyl sites for hydroxylation is 1. The van der Waals surface area contributed by atoms with Crippen LogP contribution in [0.3, 0.4) is 0 Å². The third-order valence-electron chi connectivity index (χ3n) is 4.32. The molecule has 0 aliphatic carbocycles. The van der Waals surface area contributed by atoms with E-state index in [1.54, 1.807) is 0 Å². The van der Waals surface area contributed by atoms with E-state index in [9.17, 15) is 0 Å². The number of rotatable bonds is 9. The quantitative estimate of drug-likeness (QED) is 0.369. The Bertz CT molecular complexity index is 634. The summed E-state index contributed by atoms with van der Waals surface area (Å²) < 4.78 is 0. The molecule has 0 amide bonds. The van der Waals surface area contributed by atoms with E-state index in [0.717, 1.165) is 12.8 Å². The lowest BCUT2D eigenvalue weighted by Crippen LogP contribution is -1.96. The molecule has 0 atom stereocenters. The summed E-state index contributed by atoms with van der Waals surface area (Å²) in [5.41, 5.74) is 4.31. The van der Waals surface area contributed by atoms with E-state index in [0.29, 0.717) is 0 Å². The second-order valence-electron chi connectivity index (χ2n) is 6.05. The van der Waals surface area contributed by atoms with Gasteiger partial charge in [-0.1, -0.05) is 68.7 Å². The van der Waals surface area contributed by atoms with Gasteiger partial charge in [-0.05, 0) is 53.1 Å². The van der Waals surface area contributed by atoms with E-state index in [1.807, 2.05) is 12.2 Å². The first-order chi connectivity index (χ1) is 10.8. The molecule has 2 aromatic carbocycles. The summed E-state index contributed by atoms with van der Waals surface area (Å²) >= 11 is 0. The summed E-state index contributed by atoms with van der Waals surface area (Å²) in [7, 11) is 0. The molecule has 22 heavy (non-hydrogen) atoms. The van der Waals surface area contributed by atoms with Crippen LogP contribution < -0.4 is 0 Å². The standard InChI is InChI=1S/C22H28/c1-4-7-8-9-12-21-19(11-6-3)14-15-20-17-18(10-5-2)13-16-22(20)21/h5-6,13-17H,2-4,7-12H2,1H3. The van der Waals surface area contributed by atoms with E-state index < -0.39 is 0 Å². The summed E-state index contributed by atoms with van der Waals surface area (Å²) in [5.74, 6) is 0. The average Bonchev–Trinajstić information content (AvgIpc) is 2.53. The largest absolute Gasteiger partial charge is 0.103 e. The third-order valence-corrected chi connectivity index (χ3v) is 4.32. The smallest absolute Gasteiger partial charge is 0.00972 e. The predicted molar refractivity (Wildman–Crippen MR) is 99.6 cm³/mol. The minimum Gasteiger partial charge on any atom is -0.103 e. The van der Waals surface area contributed by atoms with E-state index in [4.69, 9.17) is 0 Å². The van der Waals surface area contributed by atoms with Crippen LogP contribution in [0.15, 0.2) is 55.6 Å². The first-order valence-corrected chi connectivity index (χ1v) is 8.55. The highest BCUT2D eigenvalue weighted by molar-refractivity contribution is 5.87. The zero-order valence-corrected chi connectivity index (χ0v) is 13.9. The fourth-order valence-corrected chi connectivity index (χ4v) is 3.15. The maximum Gasteiger partial charge on any atom is -0.00972 e. The van der Waals surface area contributed by atoms with Gasteiger partial charge in [0.1, 0.15) is 0 Å². The Hall–Kier alpha value is -1.82. The Balaban J connectivity index is 2.35. The number of fused-ring (bicyclic) bond motifs is 1. The van der Waals surface area contributed by atoms with Crippen LogP contribution in [0, 0.1) is 0 Å². The lowest BCUT2D eigenvalue weighted by molar-refractivity contribution is 0.666. The van der Waals surface area contributed by atoms with Gasteiger partial charge in [-0.2, -0.15) is 0 Å². The van der Waals surface area contributed by atoms with Crippen molar-refractivity contribution in [2.75, 3.05) is 0 Å². The first kappa shape index (κ1) is 16.5. The normalized spacial score (nSPS) is 10.8. The van der Waals surface area contributed by atoms with Gasteiger partial charge in [-0.15, -0.1) is 13.2 Å². The van der Waals surface area contributed by atoms with E-state index >= 15 is 0 Å².